The molecular formula is C13H16FN3O. The Bertz CT molecular complexity index is 497. The van der Waals surface area contributed by atoms with Gasteiger partial charge in [0, 0.05) is 30.1 Å². The van der Waals surface area contributed by atoms with Gasteiger partial charge in [0.2, 0.25) is 0 Å². The molecule has 96 valence electrons. The molecule has 0 aliphatic carbocycles. The molecule has 0 saturated carbocycles. The summed E-state index contributed by atoms with van der Waals surface area (Å²) in [7, 11) is 0. The van der Waals surface area contributed by atoms with Gasteiger partial charge in [0.25, 0.3) is 0 Å². The average molecular weight is 249 g/mol. The van der Waals surface area contributed by atoms with E-state index in [2.05, 4.69) is 5.10 Å². The van der Waals surface area contributed by atoms with Crippen LogP contribution in [0.2, 0.25) is 0 Å². The smallest absolute Gasteiger partial charge is 0.131 e. The number of nitrogens with two attached hydrogens (primary N) is 1. The Labute approximate surface area is 105 Å². The first-order chi connectivity index (χ1) is 8.66. The summed E-state index contributed by atoms with van der Waals surface area (Å²) in [5.74, 6) is 0.172. The molecule has 2 N–H and O–H groups in total. The molecule has 0 aliphatic rings. The molecule has 2 aromatic rings. The van der Waals surface area contributed by atoms with E-state index in [0.717, 1.165) is 0 Å². The molecule has 0 amide bonds. The summed E-state index contributed by atoms with van der Waals surface area (Å²) < 4.78 is 20.8. The first-order valence-electron chi connectivity index (χ1n) is 5.82. The van der Waals surface area contributed by atoms with Gasteiger partial charge in [-0.05, 0) is 19.1 Å². The SMILES string of the molecule is C[C@@H](N)c1ccc(OCCn2cccn2)cc1F. The van der Waals surface area contributed by atoms with E-state index in [1.54, 1.807) is 29.9 Å². The summed E-state index contributed by atoms with van der Waals surface area (Å²) in [5.41, 5.74) is 6.13. The lowest BCUT2D eigenvalue weighted by Crippen LogP contribution is -2.10. The molecule has 18 heavy (non-hydrogen) atoms. The molecule has 1 heterocycles. The highest BCUT2D eigenvalue weighted by molar-refractivity contribution is 5.30. The fraction of sp³-hybridized carbons (Fsp3) is 0.308. The van der Waals surface area contributed by atoms with Gasteiger partial charge in [-0.1, -0.05) is 6.07 Å². The molecule has 0 spiro atoms. The van der Waals surface area contributed by atoms with Crippen molar-refractivity contribution in [2.24, 2.45) is 5.73 Å². The van der Waals surface area contributed by atoms with Crippen LogP contribution in [0.25, 0.3) is 0 Å². The fourth-order valence-electron chi connectivity index (χ4n) is 1.66. The van der Waals surface area contributed by atoms with E-state index in [1.807, 2.05) is 12.3 Å². The lowest BCUT2D eigenvalue weighted by Gasteiger charge is -2.10. The van der Waals surface area contributed by atoms with Crippen LogP contribution < -0.4 is 10.5 Å². The van der Waals surface area contributed by atoms with Gasteiger partial charge < -0.3 is 10.5 Å². The Balaban J connectivity index is 1.92. The summed E-state index contributed by atoms with van der Waals surface area (Å²) in [5, 5.41) is 4.05. The molecule has 5 heteroatoms. The van der Waals surface area contributed by atoms with Crippen molar-refractivity contribution in [3.05, 3.63) is 48.0 Å². The quantitative estimate of drug-likeness (QED) is 0.883. The average Bonchev–Trinajstić information content (AvgIpc) is 2.81. The van der Waals surface area contributed by atoms with Crippen molar-refractivity contribution < 1.29 is 9.13 Å². The van der Waals surface area contributed by atoms with E-state index < -0.39 is 0 Å². The zero-order valence-corrected chi connectivity index (χ0v) is 10.2. The normalized spacial score (nSPS) is 12.4. The maximum atomic E-state index is 13.6. The van der Waals surface area contributed by atoms with Crippen LogP contribution in [0.15, 0.2) is 36.7 Å². The summed E-state index contributed by atoms with van der Waals surface area (Å²) >= 11 is 0. The second kappa shape index (κ2) is 5.64. The van der Waals surface area contributed by atoms with Crippen LogP contribution in [0.4, 0.5) is 4.39 Å². The number of ether oxygens (including phenoxy) is 1. The van der Waals surface area contributed by atoms with Crippen molar-refractivity contribution >= 4 is 0 Å². The Morgan fingerprint density at radius 1 is 1.50 bits per heavy atom. The minimum absolute atomic E-state index is 0.317. The molecule has 0 saturated heterocycles. The van der Waals surface area contributed by atoms with E-state index in [-0.39, 0.29) is 11.9 Å². The number of aromatic nitrogens is 2. The molecule has 1 atom stereocenters. The van der Waals surface area contributed by atoms with Crippen LogP contribution in [-0.4, -0.2) is 16.4 Å². The van der Waals surface area contributed by atoms with Gasteiger partial charge in [0.05, 0.1) is 6.54 Å². The third-order valence-corrected chi connectivity index (χ3v) is 2.61. The molecule has 0 unspecified atom stereocenters. The maximum Gasteiger partial charge on any atom is 0.131 e. The monoisotopic (exact) mass is 249 g/mol. The zero-order valence-electron chi connectivity index (χ0n) is 10.2. The largest absolute Gasteiger partial charge is 0.492 e. The van der Waals surface area contributed by atoms with Crippen LogP contribution in [0.1, 0.15) is 18.5 Å². The lowest BCUT2D eigenvalue weighted by molar-refractivity contribution is 0.290. The van der Waals surface area contributed by atoms with Gasteiger partial charge in [-0.2, -0.15) is 5.10 Å². The van der Waals surface area contributed by atoms with Crippen molar-refractivity contribution in [1.82, 2.24) is 9.78 Å². The zero-order chi connectivity index (χ0) is 13.0. The second-order valence-electron chi connectivity index (χ2n) is 4.09. The molecule has 0 bridgehead atoms. The predicted molar refractivity (Wildman–Crippen MR) is 66.7 cm³/mol. The molecule has 4 nitrogen and oxygen atoms in total. The third-order valence-electron chi connectivity index (χ3n) is 2.61. The summed E-state index contributed by atoms with van der Waals surface area (Å²) in [6.07, 6.45) is 3.56. The van der Waals surface area contributed by atoms with E-state index in [0.29, 0.717) is 24.5 Å². The lowest BCUT2D eigenvalue weighted by atomic mass is 10.1. The molecule has 0 aliphatic heterocycles. The highest BCUT2D eigenvalue weighted by atomic mass is 19.1. The Morgan fingerprint density at radius 2 is 2.33 bits per heavy atom. The number of halogens is 1. The second-order valence-corrected chi connectivity index (χ2v) is 4.09. The molecule has 0 fully saturated rings. The Morgan fingerprint density at radius 3 is 2.94 bits per heavy atom. The van der Waals surface area contributed by atoms with Crippen LogP contribution in [0.3, 0.4) is 0 Å². The van der Waals surface area contributed by atoms with Gasteiger partial charge in [-0.3, -0.25) is 4.68 Å². The molecule has 1 aromatic heterocycles. The number of hydrogen-bond acceptors (Lipinski definition) is 3. The number of rotatable bonds is 5. The van der Waals surface area contributed by atoms with Gasteiger partial charge in [0.1, 0.15) is 18.2 Å². The van der Waals surface area contributed by atoms with Gasteiger partial charge in [-0.15, -0.1) is 0 Å². The minimum atomic E-state index is -0.332. The third kappa shape index (κ3) is 3.07. The topological polar surface area (TPSA) is 53.1 Å². The number of benzene rings is 1. The first-order valence-corrected chi connectivity index (χ1v) is 5.82. The van der Waals surface area contributed by atoms with E-state index in [9.17, 15) is 4.39 Å². The molecule has 2 rings (SSSR count). The van der Waals surface area contributed by atoms with Crippen molar-refractivity contribution in [1.29, 1.82) is 0 Å². The molecule has 1 aromatic carbocycles. The van der Waals surface area contributed by atoms with E-state index >= 15 is 0 Å². The van der Waals surface area contributed by atoms with E-state index in [4.69, 9.17) is 10.5 Å². The molecular weight excluding hydrogens is 233 g/mol. The predicted octanol–water partition coefficient (Wildman–Crippen LogP) is 2.12. The first kappa shape index (κ1) is 12.6. The highest BCUT2D eigenvalue weighted by Crippen LogP contribution is 2.20. The molecule has 0 radical (unpaired) electrons. The van der Waals surface area contributed by atoms with Gasteiger partial charge >= 0.3 is 0 Å². The van der Waals surface area contributed by atoms with Crippen molar-refractivity contribution in [2.75, 3.05) is 6.61 Å². The van der Waals surface area contributed by atoms with Crippen molar-refractivity contribution in [3.63, 3.8) is 0 Å². The number of hydrogen-bond donors (Lipinski definition) is 1. The van der Waals surface area contributed by atoms with Crippen molar-refractivity contribution in [2.45, 2.75) is 19.5 Å². The minimum Gasteiger partial charge on any atom is -0.492 e. The highest BCUT2D eigenvalue weighted by Gasteiger charge is 2.07. The summed E-state index contributed by atoms with van der Waals surface area (Å²) in [6, 6.07) is 6.27. The van der Waals surface area contributed by atoms with Crippen LogP contribution in [0, 0.1) is 5.82 Å². The van der Waals surface area contributed by atoms with Gasteiger partial charge in [0.15, 0.2) is 0 Å². The standard InChI is InChI=1S/C13H16FN3O/c1-10(15)12-4-3-11(9-13(12)14)18-8-7-17-6-2-5-16-17/h2-6,9-10H,7-8,15H2,1H3/t10-/m1/s1. The van der Waals surface area contributed by atoms with Crippen LogP contribution in [-0.2, 0) is 6.54 Å². The van der Waals surface area contributed by atoms with Crippen molar-refractivity contribution in [3.8, 4) is 5.75 Å². The van der Waals surface area contributed by atoms with Crippen LogP contribution >= 0.6 is 0 Å². The maximum absolute atomic E-state index is 13.6. The Hall–Kier alpha value is -1.88. The number of nitrogens with zero attached hydrogens (tertiary/aromatic N) is 2. The van der Waals surface area contributed by atoms with Crippen LogP contribution in [0.5, 0.6) is 5.75 Å². The fourth-order valence-corrected chi connectivity index (χ4v) is 1.66. The Kier molecular flexibility index (Phi) is 3.94. The van der Waals surface area contributed by atoms with E-state index in [1.165, 1.54) is 6.07 Å². The summed E-state index contributed by atoms with van der Waals surface area (Å²) in [4.78, 5) is 0. The van der Waals surface area contributed by atoms with Gasteiger partial charge in [-0.25, -0.2) is 4.39 Å². The summed E-state index contributed by atoms with van der Waals surface area (Å²) in [6.45, 7) is 2.82.